The van der Waals surface area contributed by atoms with Gasteiger partial charge in [-0.2, -0.15) is 10.2 Å². The molecule has 8 rings (SSSR count). The van der Waals surface area contributed by atoms with Crippen molar-refractivity contribution < 1.29 is 13.9 Å². The number of carbonyl (C=O) groups is 1. The molecule has 1 amide bonds. The van der Waals surface area contributed by atoms with Gasteiger partial charge >= 0.3 is 6.09 Å². The Labute approximate surface area is 265 Å². The molecule has 11 heteroatoms. The number of alkyl halides is 1. The van der Waals surface area contributed by atoms with Crippen LogP contribution in [0.25, 0.3) is 21.5 Å². The molecular weight excluding hydrogens is 587 g/mol. The molecule has 0 bridgehead atoms. The molecule has 4 aromatic rings. The van der Waals surface area contributed by atoms with Crippen LogP contribution in [0.1, 0.15) is 89.4 Å². The quantitative estimate of drug-likeness (QED) is 0.235. The Kier molecular flexibility index (Phi) is 7.11. The van der Waals surface area contributed by atoms with E-state index in [2.05, 4.69) is 25.7 Å². The molecule has 2 aromatic heterocycles. The van der Waals surface area contributed by atoms with Crippen LogP contribution in [0.4, 0.5) is 9.18 Å². The van der Waals surface area contributed by atoms with Crippen LogP contribution in [0.3, 0.4) is 0 Å². The second kappa shape index (κ2) is 10.7. The molecule has 5 N–H and O–H groups in total. The second-order valence-corrected chi connectivity index (χ2v) is 15.3. The number of aromatic amines is 2. The van der Waals surface area contributed by atoms with Gasteiger partial charge in [0.05, 0.1) is 16.5 Å². The van der Waals surface area contributed by atoms with E-state index in [0.29, 0.717) is 46.0 Å². The van der Waals surface area contributed by atoms with E-state index in [4.69, 9.17) is 10.5 Å². The Morgan fingerprint density at radius 3 is 1.98 bits per heavy atom. The van der Waals surface area contributed by atoms with E-state index in [1.165, 1.54) is 0 Å². The number of halogens is 1. The lowest BCUT2D eigenvalue weighted by Gasteiger charge is -2.59. The van der Waals surface area contributed by atoms with Crippen LogP contribution >= 0.6 is 0 Å². The van der Waals surface area contributed by atoms with Gasteiger partial charge in [0.1, 0.15) is 11.3 Å². The number of nitrogens with zero attached hydrogens (tertiary/aromatic N) is 2. The van der Waals surface area contributed by atoms with Gasteiger partial charge in [-0.25, -0.2) is 19.4 Å². The van der Waals surface area contributed by atoms with Gasteiger partial charge in [-0.3, -0.25) is 9.59 Å². The number of carbonyl (C=O) groups excluding carboxylic acids is 1. The highest BCUT2D eigenvalue weighted by atomic mass is 19.1. The fourth-order valence-corrected chi connectivity index (χ4v) is 8.62. The molecule has 2 spiro atoms. The van der Waals surface area contributed by atoms with Crippen LogP contribution in [0, 0.1) is 10.8 Å². The molecule has 0 atom stereocenters. The summed E-state index contributed by atoms with van der Waals surface area (Å²) in [5.41, 5.74) is 5.27. The minimum atomic E-state index is -1.43. The number of rotatable bonds is 3. The number of amides is 1. The zero-order valence-electron chi connectivity index (χ0n) is 26.5. The van der Waals surface area contributed by atoms with E-state index < -0.39 is 11.3 Å². The highest BCUT2D eigenvalue weighted by Crippen LogP contribution is 2.65. The molecule has 0 unspecified atom stereocenters. The summed E-state index contributed by atoms with van der Waals surface area (Å²) in [7, 11) is 0. The molecule has 4 aliphatic rings. The molecule has 2 heterocycles. The third-order valence-corrected chi connectivity index (χ3v) is 10.4. The lowest BCUT2D eigenvalue weighted by molar-refractivity contribution is -0.129. The molecular formula is C35H41FN6O4. The maximum Gasteiger partial charge on any atom is 0.407 e. The molecule has 242 valence electrons. The van der Waals surface area contributed by atoms with Gasteiger partial charge in [0.25, 0.3) is 11.1 Å². The van der Waals surface area contributed by atoms with E-state index in [0.717, 1.165) is 49.6 Å². The first-order valence-corrected chi connectivity index (χ1v) is 16.2. The zero-order valence-corrected chi connectivity index (χ0v) is 26.5. The van der Waals surface area contributed by atoms with Crippen molar-refractivity contribution >= 4 is 27.6 Å². The predicted molar refractivity (Wildman–Crippen MR) is 173 cm³/mol. The summed E-state index contributed by atoms with van der Waals surface area (Å²) in [6, 6.07) is 15.1. The topological polar surface area (TPSA) is 156 Å². The first-order valence-electron chi connectivity index (χ1n) is 16.2. The number of nitrogens with two attached hydrogens (primary N) is 1. The Morgan fingerprint density at radius 1 is 0.848 bits per heavy atom. The maximum absolute atomic E-state index is 15.1. The van der Waals surface area contributed by atoms with Gasteiger partial charge in [0, 0.05) is 28.8 Å². The summed E-state index contributed by atoms with van der Waals surface area (Å²) in [6.45, 7) is 5.60. The highest BCUT2D eigenvalue weighted by molar-refractivity contribution is 5.85. The molecule has 0 saturated heterocycles. The predicted octanol–water partition coefficient (Wildman–Crippen LogP) is 5.46. The molecule has 4 fully saturated rings. The van der Waals surface area contributed by atoms with Gasteiger partial charge in [0.15, 0.2) is 5.67 Å². The van der Waals surface area contributed by atoms with E-state index in [-0.39, 0.29) is 34.7 Å². The molecule has 4 aliphatic carbocycles. The lowest BCUT2D eigenvalue weighted by atomic mass is 9.48. The fourth-order valence-electron chi connectivity index (χ4n) is 8.62. The van der Waals surface area contributed by atoms with Gasteiger partial charge < -0.3 is 15.8 Å². The number of nitrogens with one attached hydrogen (secondary N) is 3. The van der Waals surface area contributed by atoms with Crippen LogP contribution in [0.15, 0.2) is 58.1 Å². The van der Waals surface area contributed by atoms with Crippen molar-refractivity contribution in [1.82, 2.24) is 25.7 Å². The van der Waals surface area contributed by atoms with Gasteiger partial charge in [0.2, 0.25) is 0 Å². The summed E-state index contributed by atoms with van der Waals surface area (Å²) in [5.74, 6) is 0.374. The molecule has 2 aromatic carbocycles. The number of aromatic nitrogens is 4. The number of hydrogen-bond donors (Lipinski definition) is 4. The molecule has 0 radical (unpaired) electrons. The van der Waals surface area contributed by atoms with Crippen LogP contribution in [-0.4, -0.2) is 44.2 Å². The summed E-state index contributed by atoms with van der Waals surface area (Å²) in [6.07, 6.45) is 6.51. The Hall–Kier alpha value is -4.12. The summed E-state index contributed by atoms with van der Waals surface area (Å²) < 4.78 is 20.4. The maximum atomic E-state index is 15.1. The van der Waals surface area contributed by atoms with E-state index in [1.54, 1.807) is 18.2 Å². The number of hydrogen-bond acceptors (Lipinski definition) is 7. The van der Waals surface area contributed by atoms with Crippen molar-refractivity contribution in [3.63, 3.8) is 0 Å². The monoisotopic (exact) mass is 628 g/mol. The van der Waals surface area contributed by atoms with Crippen molar-refractivity contribution in [1.29, 1.82) is 0 Å². The smallest absolute Gasteiger partial charge is 0.407 e. The average molecular weight is 629 g/mol. The van der Waals surface area contributed by atoms with Crippen molar-refractivity contribution in [3.8, 4) is 0 Å². The van der Waals surface area contributed by atoms with E-state index >= 15 is 4.39 Å². The normalized spacial score (nSPS) is 31.2. The van der Waals surface area contributed by atoms with Crippen molar-refractivity contribution in [2.75, 3.05) is 0 Å². The fraction of sp³-hybridized carbons (Fsp3) is 0.514. The number of H-pyrrole nitrogens is 2. The molecule has 10 nitrogen and oxygen atoms in total. The minimum absolute atomic E-state index is 0.0765. The number of alkyl carbamates (subject to hydrolysis) is 1. The van der Waals surface area contributed by atoms with Crippen LogP contribution in [0.2, 0.25) is 0 Å². The standard InChI is InChI=1S/C20H25N3O3.C15H16FN3O/c1-19(2,3)26-18(25)21-13-10-20(11-13)8-12(9-20)16-14-6-4-5-7-15(14)17(24)23-22-16;16-15(7-14(8-15)5-9(17)6-14)12-10-3-1-2-4-11(10)13(20)19-18-12/h4-7,12-13H,8-11H2,1-3H3,(H,21,25)(H,23,24);1-4,9H,5-8,17H2,(H,19,20). The van der Waals surface area contributed by atoms with Gasteiger partial charge in [-0.05, 0) is 95.1 Å². The third-order valence-electron chi connectivity index (χ3n) is 10.4. The highest BCUT2D eigenvalue weighted by Gasteiger charge is 2.62. The van der Waals surface area contributed by atoms with E-state index in [1.807, 2.05) is 51.1 Å². The summed E-state index contributed by atoms with van der Waals surface area (Å²) in [4.78, 5) is 35.5. The second-order valence-electron chi connectivity index (χ2n) is 15.3. The zero-order chi connectivity index (χ0) is 32.5. The third kappa shape index (κ3) is 5.48. The first-order chi connectivity index (χ1) is 21.8. The van der Waals surface area contributed by atoms with Crippen molar-refractivity contribution in [2.24, 2.45) is 16.6 Å². The SMILES string of the molecule is CC(C)(C)OC(=O)NC1CC2(C1)CC(c1n[nH]c(=O)c3ccccc13)C2.NC1CC2(C1)CC(F)(c1n[nH]c(=O)c3ccccc13)C2. The Bertz CT molecular complexity index is 1920. The van der Waals surface area contributed by atoms with Crippen LogP contribution < -0.4 is 22.2 Å². The van der Waals surface area contributed by atoms with Gasteiger partial charge in [-0.1, -0.05) is 36.4 Å². The minimum Gasteiger partial charge on any atom is -0.444 e. The van der Waals surface area contributed by atoms with Crippen LogP contribution in [0.5, 0.6) is 0 Å². The molecule has 46 heavy (non-hydrogen) atoms. The number of ether oxygens (including phenoxy) is 1. The van der Waals surface area contributed by atoms with Gasteiger partial charge in [-0.15, -0.1) is 0 Å². The largest absolute Gasteiger partial charge is 0.444 e. The number of benzene rings is 2. The average Bonchev–Trinajstić information content (AvgIpc) is 2.92. The number of fused-ring (bicyclic) bond motifs is 2. The Morgan fingerprint density at radius 2 is 1.39 bits per heavy atom. The molecule has 4 saturated carbocycles. The lowest BCUT2D eigenvalue weighted by Crippen LogP contribution is -2.58. The summed E-state index contributed by atoms with van der Waals surface area (Å²) >= 11 is 0. The van der Waals surface area contributed by atoms with Crippen molar-refractivity contribution in [3.05, 3.63) is 80.6 Å². The first kappa shape index (κ1) is 30.5. The Balaban J connectivity index is 0.000000152. The molecule has 0 aliphatic heterocycles. The van der Waals surface area contributed by atoms with Crippen molar-refractivity contribution in [2.45, 2.75) is 101 Å². The van der Waals surface area contributed by atoms with E-state index in [9.17, 15) is 14.4 Å². The van der Waals surface area contributed by atoms with Crippen LogP contribution in [-0.2, 0) is 10.4 Å². The summed E-state index contributed by atoms with van der Waals surface area (Å²) in [5, 5.41) is 19.1.